The van der Waals surface area contributed by atoms with Gasteiger partial charge in [0.15, 0.2) is 5.13 Å². The van der Waals surface area contributed by atoms with Crippen molar-refractivity contribution in [3.8, 4) is 5.75 Å². The highest BCUT2D eigenvalue weighted by molar-refractivity contribution is 14.1. The molecule has 0 spiro atoms. The fourth-order valence-electron chi connectivity index (χ4n) is 7.28. The molecule has 0 aliphatic heterocycles. The molecule has 5 atom stereocenters. The second-order valence-corrected chi connectivity index (χ2v) is 14.5. The average molecular weight is 674 g/mol. The Kier molecular flexibility index (Phi) is 7.96. The smallest absolute Gasteiger partial charge is 0.403 e. The molecule has 3 aliphatic carbocycles. The third kappa shape index (κ3) is 5.54. The highest BCUT2D eigenvalue weighted by Gasteiger charge is 2.57. The number of phosphoric acid groups is 1. The highest BCUT2D eigenvalue weighted by Crippen LogP contribution is 2.63. The molecule has 38 heavy (non-hydrogen) atoms. The van der Waals surface area contributed by atoms with Crippen molar-refractivity contribution in [1.29, 1.82) is 0 Å². The Morgan fingerprint density at radius 1 is 1.37 bits per heavy atom. The predicted octanol–water partition coefficient (Wildman–Crippen LogP) is 6.03. The van der Waals surface area contributed by atoms with Gasteiger partial charge in [-0.25, -0.2) is 9.55 Å². The van der Waals surface area contributed by atoms with Crippen LogP contribution in [0.2, 0.25) is 0 Å². The Hall–Kier alpha value is -1.53. The molecule has 5 rings (SSSR count). The molecular weight excluding hydrogens is 640 g/mol. The summed E-state index contributed by atoms with van der Waals surface area (Å²) in [6.45, 7) is 4.29. The van der Waals surface area contributed by atoms with Crippen LogP contribution >= 0.6 is 41.8 Å². The first-order chi connectivity index (χ1) is 18.0. The van der Waals surface area contributed by atoms with Crippen LogP contribution in [0.3, 0.4) is 0 Å². The quantitative estimate of drug-likeness (QED) is 0.186. The number of aromatic nitrogens is 1. The fourth-order valence-corrected chi connectivity index (χ4v) is 9.14. The van der Waals surface area contributed by atoms with Gasteiger partial charge in [0.05, 0.1) is 9.28 Å². The lowest BCUT2D eigenvalue weighted by molar-refractivity contribution is -0.116. The molecule has 1 aromatic carbocycles. The first-order valence-electron chi connectivity index (χ1n) is 12.9. The molecule has 1 aromatic heterocycles. The zero-order valence-electron chi connectivity index (χ0n) is 21.6. The lowest BCUT2D eigenvalue weighted by Crippen LogP contribution is -2.44. The second kappa shape index (κ2) is 10.8. The summed E-state index contributed by atoms with van der Waals surface area (Å²) in [5, 5.41) is 8.07. The summed E-state index contributed by atoms with van der Waals surface area (Å²) in [5.41, 5.74) is 3.41. The molecule has 3 aliphatic rings. The molecule has 1 amide bonds. The van der Waals surface area contributed by atoms with Gasteiger partial charge < -0.3 is 14.7 Å². The van der Waals surface area contributed by atoms with E-state index >= 15 is 0 Å². The van der Waals surface area contributed by atoms with Gasteiger partial charge >= 0.3 is 7.82 Å². The van der Waals surface area contributed by atoms with Crippen molar-refractivity contribution < 1.29 is 28.5 Å². The summed E-state index contributed by atoms with van der Waals surface area (Å²) in [6.07, 6.45) is 7.62. The number of fused-ring (bicyclic) bond motifs is 5. The van der Waals surface area contributed by atoms with E-state index in [0.717, 1.165) is 54.7 Å². The van der Waals surface area contributed by atoms with Gasteiger partial charge in [0.1, 0.15) is 12.9 Å². The van der Waals surface area contributed by atoms with Crippen LogP contribution in [-0.2, 0) is 20.6 Å². The SMILES string of the molecule is CO/N=C1\C[C@@H](CCC(=O)Nc2ncc(C)s2)C2C3CCc4cc(OP(=O)(O)O)c(I)cc4C3CC[C@]12C. The van der Waals surface area contributed by atoms with Gasteiger partial charge in [0.25, 0.3) is 0 Å². The second-order valence-electron chi connectivity index (χ2n) is 10.9. The Morgan fingerprint density at radius 3 is 2.84 bits per heavy atom. The number of carbonyl (C=O) groups is 1. The van der Waals surface area contributed by atoms with Crippen LogP contribution in [-0.4, -0.2) is 33.5 Å². The fraction of sp³-hybridized carbons (Fsp3) is 0.577. The maximum atomic E-state index is 12.8. The van der Waals surface area contributed by atoms with Gasteiger partial charge in [0.2, 0.25) is 5.91 Å². The maximum Gasteiger partial charge on any atom is 0.524 e. The normalized spacial score (nSPS) is 29.4. The molecule has 9 nitrogen and oxygen atoms in total. The number of anilines is 1. The van der Waals surface area contributed by atoms with Gasteiger partial charge in [-0.15, -0.1) is 11.3 Å². The first-order valence-corrected chi connectivity index (χ1v) is 16.3. The molecule has 206 valence electrons. The standard InChI is InChI=1S/C26H33IN3O6PS/c1-14-13-28-25(38-14)29-23(31)7-5-16-11-22(30-35-3)26(2)9-8-17-18(24(16)26)6-4-15-10-21(36-37(32,33)34)20(27)12-19(15)17/h10,12-13,16-18,24H,4-9,11H2,1-3H3,(H,28,29,31)(H2,32,33,34)/b30-22+/t16-,17?,18?,24?,26-/m1/s1. The maximum absolute atomic E-state index is 12.8. The topological polar surface area (TPSA) is 130 Å². The lowest BCUT2D eigenvalue weighted by Gasteiger charge is -2.50. The zero-order chi connectivity index (χ0) is 27.2. The van der Waals surface area contributed by atoms with Crippen LogP contribution in [0.1, 0.15) is 67.4 Å². The van der Waals surface area contributed by atoms with E-state index in [9.17, 15) is 19.1 Å². The largest absolute Gasteiger partial charge is 0.524 e. The Balaban J connectivity index is 1.39. The minimum Gasteiger partial charge on any atom is -0.403 e. The minimum absolute atomic E-state index is 0.00771. The summed E-state index contributed by atoms with van der Waals surface area (Å²) < 4.78 is 17.1. The first kappa shape index (κ1) is 28.0. The van der Waals surface area contributed by atoms with Crippen molar-refractivity contribution in [1.82, 2.24) is 4.98 Å². The molecule has 2 saturated carbocycles. The van der Waals surface area contributed by atoms with Crippen molar-refractivity contribution in [3.05, 3.63) is 37.9 Å². The summed E-state index contributed by atoms with van der Waals surface area (Å²) in [7, 11) is -3.03. The van der Waals surface area contributed by atoms with Crippen LogP contribution in [0, 0.1) is 33.7 Å². The van der Waals surface area contributed by atoms with Gasteiger partial charge in [-0.3, -0.25) is 14.6 Å². The molecule has 0 radical (unpaired) electrons. The molecular formula is C26H33IN3O6PS. The van der Waals surface area contributed by atoms with E-state index in [1.165, 1.54) is 16.9 Å². The van der Waals surface area contributed by atoms with Crippen LogP contribution in [0.5, 0.6) is 5.75 Å². The number of aryl methyl sites for hydroxylation is 2. The third-order valence-corrected chi connectivity index (χ3v) is 10.8. The number of phosphoric ester groups is 1. The van der Waals surface area contributed by atoms with Crippen molar-refractivity contribution in [3.63, 3.8) is 0 Å². The van der Waals surface area contributed by atoms with Gasteiger partial charge in [-0.05, 0) is 115 Å². The number of rotatable bonds is 7. The number of nitrogens with one attached hydrogen (secondary N) is 1. The Bertz CT molecular complexity index is 1310. The van der Waals surface area contributed by atoms with E-state index in [1.54, 1.807) is 13.3 Å². The van der Waals surface area contributed by atoms with Crippen molar-refractivity contribution in [2.75, 3.05) is 12.4 Å². The van der Waals surface area contributed by atoms with Crippen LogP contribution in [0.25, 0.3) is 0 Å². The summed E-state index contributed by atoms with van der Waals surface area (Å²) >= 11 is 3.58. The number of amides is 1. The van der Waals surface area contributed by atoms with Crippen molar-refractivity contribution in [2.24, 2.45) is 28.3 Å². The van der Waals surface area contributed by atoms with E-state index in [0.29, 0.717) is 38.8 Å². The van der Waals surface area contributed by atoms with E-state index in [2.05, 4.69) is 51.0 Å². The number of carbonyl (C=O) groups excluding carboxylic acids is 1. The molecule has 0 saturated heterocycles. The molecule has 12 heteroatoms. The average Bonchev–Trinajstić information content (AvgIpc) is 3.37. The van der Waals surface area contributed by atoms with Crippen molar-refractivity contribution >= 4 is 58.5 Å². The van der Waals surface area contributed by atoms with E-state index in [-0.39, 0.29) is 17.1 Å². The van der Waals surface area contributed by atoms with Crippen LogP contribution in [0.4, 0.5) is 5.13 Å². The minimum atomic E-state index is -4.63. The van der Waals surface area contributed by atoms with Gasteiger partial charge in [-0.1, -0.05) is 12.1 Å². The van der Waals surface area contributed by atoms with Crippen LogP contribution < -0.4 is 9.84 Å². The van der Waals surface area contributed by atoms with E-state index in [4.69, 9.17) is 9.36 Å². The molecule has 3 unspecified atom stereocenters. The number of hydrogen-bond donors (Lipinski definition) is 3. The molecule has 1 heterocycles. The summed E-state index contributed by atoms with van der Waals surface area (Å²) in [6, 6.07) is 3.87. The zero-order valence-corrected chi connectivity index (χ0v) is 25.5. The number of oxime groups is 1. The number of thiazole rings is 1. The Labute approximate surface area is 240 Å². The number of hydrogen-bond acceptors (Lipinski definition) is 7. The predicted molar refractivity (Wildman–Crippen MR) is 154 cm³/mol. The van der Waals surface area contributed by atoms with Gasteiger partial charge in [0, 0.05) is 22.9 Å². The monoisotopic (exact) mass is 673 g/mol. The summed E-state index contributed by atoms with van der Waals surface area (Å²) in [4.78, 5) is 42.0. The number of halogens is 1. The van der Waals surface area contributed by atoms with Gasteiger partial charge in [-0.2, -0.15) is 0 Å². The Morgan fingerprint density at radius 2 is 2.16 bits per heavy atom. The van der Waals surface area contributed by atoms with E-state index < -0.39 is 7.82 Å². The van der Waals surface area contributed by atoms with Crippen LogP contribution in [0.15, 0.2) is 23.5 Å². The van der Waals surface area contributed by atoms with Crippen molar-refractivity contribution in [2.45, 2.75) is 64.7 Å². The lowest BCUT2D eigenvalue weighted by atomic mass is 9.54. The number of nitrogens with zero attached hydrogens (tertiary/aromatic N) is 2. The number of benzene rings is 1. The molecule has 2 aromatic rings. The molecule has 2 fully saturated rings. The van der Waals surface area contributed by atoms with E-state index in [1.807, 2.05) is 13.0 Å². The highest BCUT2D eigenvalue weighted by atomic mass is 127. The molecule has 0 bridgehead atoms. The third-order valence-electron chi connectivity index (χ3n) is 8.68. The summed E-state index contributed by atoms with van der Waals surface area (Å²) in [5.74, 6) is 1.72. The molecule has 3 N–H and O–H groups in total.